The Morgan fingerprint density at radius 1 is 1.13 bits per heavy atom. The quantitative estimate of drug-likeness (QED) is 0.190. The molecule has 3 N–H and O–H groups in total. The van der Waals surface area contributed by atoms with E-state index >= 15 is 0 Å². The van der Waals surface area contributed by atoms with Crippen molar-refractivity contribution in [2.75, 3.05) is 25.9 Å². The number of sulfone groups is 1. The molecular weight excluding hydrogens is 515 g/mol. The number of aryl methyl sites for hydroxylation is 1. The number of halogens is 1. The number of guanidine groups is 1. The van der Waals surface area contributed by atoms with Crippen molar-refractivity contribution in [3.05, 3.63) is 29.3 Å². The van der Waals surface area contributed by atoms with Crippen LogP contribution < -0.4 is 16.0 Å². The lowest BCUT2D eigenvalue weighted by atomic mass is 10.0. The second-order valence-electron chi connectivity index (χ2n) is 7.70. The average Bonchev–Trinajstić information content (AvgIpc) is 3.15. The van der Waals surface area contributed by atoms with Crippen molar-refractivity contribution in [1.82, 2.24) is 16.0 Å². The third kappa shape index (κ3) is 9.20. The molecule has 1 aliphatic carbocycles. The van der Waals surface area contributed by atoms with Crippen LogP contribution >= 0.6 is 24.0 Å². The molecule has 0 unspecified atom stereocenters. The van der Waals surface area contributed by atoms with Gasteiger partial charge in [-0.2, -0.15) is 0 Å². The fourth-order valence-electron chi connectivity index (χ4n) is 3.67. The van der Waals surface area contributed by atoms with Crippen molar-refractivity contribution >= 4 is 45.7 Å². The molecule has 1 aromatic rings. The molecule has 1 aromatic carbocycles. The normalized spacial score (nSPS) is 14.8. The number of carbonyl (C=O) groups is 1. The summed E-state index contributed by atoms with van der Waals surface area (Å²) in [6.45, 7) is 6.10. The first-order valence-electron chi connectivity index (χ1n) is 10.4. The Balaban J connectivity index is 0.00000450. The van der Waals surface area contributed by atoms with Crippen LogP contribution in [-0.4, -0.2) is 46.2 Å². The highest BCUT2D eigenvalue weighted by Crippen LogP contribution is 2.27. The molecule has 7 nitrogen and oxygen atoms in total. The van der Waals surface area contributed by atoms with E-state index in [2.05, 4.69) is 20.9 Å². The molecule has 0 bridgehead atoms. The highest BCUT2D eigenvalue weighted by atomic mass is 127. The van der Waals surface area contributed by atoms with Crippen molar-refractivity contribution in [3.63, 3.8) is 0 Å². The van der Waals surface area contributed by atoms with E-state index in [1.165, 1.54) is 31.9 Å². The first-order valence-corrected chi connectivity index (χ1v) is 12.3. The summed E-state index contributed by atoms with van der Waals surface area (Å²) in [7, 11) is -3.22. The Morgan fingerprint density at radius 2 is 1.80 bits per heavy atom. The van der Waals surface area contributed by atoms with Gasteiger partial charge in [0, 0.05) is 32.3 Å². The number of rotatable bonds is 9. The SMILES string of the molecule is CCNC(=NCc1ccc(S(C)(=O)=O)c(C)c1)NCCNC(=O)CC1CCCC1.I. The Kier molecular flexibility index (Phi) is 11.7. The average molecular weight is 551 g/mol. The van der Waals surface area contributed by atoms with Crippen LogP contribution in [0.2, 0.25) is 0 Å². The number of aliphatic imine (C=N–C) groups is 1. The predicted molar refractivity (Wildman–Crippen MR) is 132 cm³/mol. The summed E-state index contributed by atoms with van der Waals surface area (Å²) in [6, 6.07) is 5.28. The molecule has 1 amide bonds. The zero-order chi connectivity index (χ0) is 21.3. The summed E-state index contributed by atoms with van der Waals surface area (Å²) < 4.78 is 23.5. The molecular formula is C21H35IN4O3S. The van der Waals surface area contributed by atoms with Gasteiger partial charge in [-0.3, -0.25) is 4.79 Å². The maximum Gasteiger partial charge on any atom is 0.220 e. The molecule has 0 spiro atoms. The van der Waals surface area contributed by atoms with Crippen LogP contribution in [0.1, 0.15) is 50.2 Å². The zero-order valence-corrected chi connectivity index (χ0v) is 21.3. The van der Waals surface area contributed by atoms with Gasteiger partial charge >= 0.3 is 0 Å². The molecule has 1 saturated carbocycles. The standard InChI is InChI=1S/C21H34N4O3S.HI/c1-4-22-21(24-12-11-23-20(26)14-17-7-5-6-8-17)25-15-18-9-10-19(16(2)13-18)29(3,27)28;/h9-10,13,17H,4-8,11-12,14-15H2,1-3H3,(H,23,26)(H2,22,24,25);1H. The van der Waals surface area contributed by atoms with Gasteiger partial charge in [0.1, 0.15) is 0 Å². The number of hydrogen-bond donors (Lipinski definition) is 3. The van der Waals surface area contributed by atoms with Gasteiger partial charge in [-0.25, -0.2) is 13.4 Å². The number of carbonyl (C=O) groups excluding carboxylic acids is 1. The largest absolute Gasteiger partial charge is 0.357 e. The smallest absolute Gasteiger partial charge is 0.220 e. The second kappa shape index (κ2) is 13.1. The van der Waals surface area contributed by atoms with E-state index in [1.807, 2.05) is 13.0 Å². The molecule has 0 heterocycles. The molecule has 0 radical (unpaired) electrons. The van der Waals surface area contributed by atoms with E-state index in [0.29, 0.717) is 42.8 Å². The number of amides is 1. The molecule has 1 aliphatic rings. The van der Waals surface area contributed by atoms with E-state index in [0.717, 1.165) is 17.7 Å². The third-order valence-corrected chi connectivity index (χ3v) is 6.35. The van der Waals surface area contributed by atoms with Crippen molar-refractivity contribution < 1.29 is 13.2 Å². The lowest BCUT2D eigenvalue weighted by molar-refractivity contribution is -0.121. The third-order valence-electron chi connectivity index (χ3n) is 5.09. The Bertz CT molecular complexity index is 822. The zero-order valence-electron chi connectivity index (χ0n) is 18.2. The van der Waals surface area contributed by atoms with Gasteiger partial charge in [0.05, 0.1) is 11.4 Å². The molecule has 170 valence electrons. The second-order valence-corrected chi connectivity index (χ2v) is 9.68. The van der Waals surface area contributed by atoms with Gasteiger partial charge in [0.25, 0.3) is 0 Å². The van der Waals surface area contributed by atoms with Crippen LogP contribution in [-0.2, 0) is 21.2 Å². The minimum atomic E-state index is -3.22. The highest BCUT2D eigenvalue weighted by Gasteiger charge is 2.18. The van der Waals surface area contributed by atoms with Gasteiger partial charge in [-0.1, -0.05) is 25.0 Å². The molecule has 0 atom stereocenters. The van der Waals surface area contributed by atoms with Crippen LogP contribution in [0.15, 0.2) is 28.1 Å². The number of hydrogen-bond acceptors (Lipinski definition) is 4. The lowest BCUT2D eigenvalue weighted by Gasteiger charge is -2.13. The summed E-state index contributed by atoms with van der Waals surface area (Å²) in [4.78, 5) is 16.9. The summed E-state index contributed by atoms with van der Waals surface area (Å²) in [6.07, 6.45) is 6.70. The van der Waals surface area contributed by atoms with E-state index in [4.69, 9.17) is 0 Å². The number of benzene rings is 1. The molecule has 0 saturated heterocycles. The number of nitrogens with zero attached hydrogens (tertiary/aromatic N) is 1. The molecule has 0 aromatic heterocycles. The van der Waals surface area contributed by atoms with Gasteiger partial charge in [0.2, 0.25) is 5.91 Å². The Labute approximate surface area is 197 Å². The predicted octanol–water partition coefficient (Wildman–Crippen LogP) is 2.77. The van der Waals surface area contributed by atoms with Gasteiger partial charge in [0.15, 0.2) is 15.8 Å². The van der Waals surface area contributed by atoms with Crippen LogP contribution in [0.5, 0.6) is 0 Å². The van der Waals surface area contributed by atoms with Crippen molar-refractivity contribution in [1.29, 1.82) is 0 Å². The van der Waals surface area contributed by atoms with Gasteiger partial charge in [-0.05, 0) is 49.8 Å². The van der Waals surface area contributed by atoms with Crippen LogP contribution in [0.25, 0.3) is 0 Å². The summed E-state index contributed by atoms with van der Waals surface area (Å²) >= 11 is 0. The molecule has 30 heavy (non-hydrogen) atoms. The Hall–Kier alpha value is -1.36. The first kappa shape index (κ1) is 26.7. The van der Waals surface area contributed by atoms with E-state index in [1.54, 1.807) is 19.1 Å². The fourth-order valence-corrected chi connectivity index (χ4v) is 4.63. The maximum atomic E-state index is 12.0. The first-order chi connectivity index (χ1) is 13.8. The summed E-state index contributed by atoms with van der Waals surface area (Å²) in [5.41, 5.74) is 1.67. The van der Waals surface area contributed by atoms with Crippen molar-refractivity contribution in [3.8, 4) is 0 Å². The number of nitrogens with one attached hydrogen (secondary N) is 3. The lowest BCUT2D eigenvalue weighted by Crippen LogP contribution is -2.41. The molecule has 2 rings (SSSR count). The van der Waals surface area contributed by atoms with E-state index in [-0.39, 0.29) is 29.9 Å². The maximum absolute atomic E-state index is 12.0. The monoisotopic (exact) mass is 550 g/mol. The van der Waals surface area contributed by atoms with E-state index < -0.39 is 9.84 Å². The topological polar surface area (TPSA) is 99.7 Å². The summed E-state index contributed by atoms with van der Waals surface area (Å²) in [5, 5.41) is 9.37. The minimum absolute atomic E-state index is 0. The van der Waals surface area contributed by atoms with Crippen molar-refractivity contribution in [2.45, 2.75) is 57.4 Å². The molecule has 9 heteroatoms. The van der Waals surface area contributed by atoms with Crippen LogP contribution in [0, 0.1) is 12.8 Å². The van der Waals surface area contributed by atoms with Crippen LogP contribution in [0.3, 0.4) is 0 Å². The summed E-state index contributed by atoms with van der Waals surface area (Å²) in [5.74, 6) is 1.35. The fraction of sp³-hybridized carbons (Fsp3) is 0.619. The molecule has 1 fully saturated rings. The van der Waals surface area contributed by atoms with E-state index in [9.17, 15) is 13.2 Å². The van der Waals surface area contributed by atoms with Crippen LogP contribution in [0.4, 0.5) is 0 Å². The minimum Gasteiger partial charge on any atom is -0.357 e. The van der Waals surface area contributed by atoms with Crippen molar-refractivity contribution in [2.24, 2.45) is 10.9 Å². The van der Waals surface area contributed by atoms with Gasteiger partial charge < -0.3 is 16.0 Å². The molecule has 0 aliphatic heterocycles. The highest BCUT2D eigenvalue weighted by molar-refractivity contribution is 14.0. The van der Waals surface area contributed by atoms with Gasteiger partial charge in [-0.15, -0.1) is 24.0 Å². The Morgan fingerprint density at radius 3 is 2.40 bits per heavy atom.